The smallest absolute Gasteiger partial charge is 0.261 e. The number of aromatic amines is 1. The van der Waals surface area contributed by atoms with Crippen LogP contribution in [0.1, 0.15) is 11.3 Å². The van der Waals surface area contributed by atoms with Crippen LogP contribution in [0.5, 0.6) is 11.5 Å². The molecule has 9 heteroatoms. The molecule has 1 amide bonds. The van der Waals surface area contributed by atoms with E-state index in [4.69, 9.17) is 15.6 Å². The third kappa shape index (κ3) is 3.81. The van der Waals surface area contributed by atoms with Gasteiger partial charge in [-0.25, -0.2) is 9.07 Å². The summed E-state index contributed by atoms with van der Waals surface area (Å²) in [6.07, 6.45) is 1.95. The summed E-state index contributed by atoms with van der Waals surface area (Å²) in [5.41, 5.74) is 9.86. The number of anilines is 2. The summed E-state index contributed by atoms with van der Waals surface area (Å²) in [5, 5.41) is 7.55. The van der Waals surface area contributed by atoms with Gasteiger partial charge in [-0.15, -0.1) is 0 Å². The Kier molecular flexibility index (Phi) is 5.53. The van der Waals surface area contributed by atoms with E-state index in [1.54, 1.807) is 30.3 Å². The van der Waals surface area contributed by atoms with Gasteiger partial charge in [-0.3, -0.25) is 9.59 Å². The van der Waals surface area contributed by atoms with Gasteiger partial charge < -0.3 is 20.8 Å². The number of hydrogen-bond acceptors (Lipinski definition) is 5. The first-order valence-corrected chi connectivity index (χ1v) is 12.0. The summed E-state index contributed by atoms with van der Waals surface area (Å²) in [7, 11) is 0. The molecule has 1 aliphatic rings. The molecule has 0 saturated carbocycles. The maximum absolute atomic E-state index is 14.7. The van der Waals surface area contributed by atoms with Gasteiger partial charge >= 0.3 is 0 Å². The normalized spacial score (nSPS) is 12.0. The van der Waals surface area contributed by atoms with Crippen molar-refractivity contribution in [1.29, 1.82) is 0 Å². The van der Waals surface area contributed by atoms with Gasteiger partial charge in [0.05, 0.1) is 11.4 Å². The number of nitrogen functional groups attached to an aromatic ring is 1. The van der Waals surface area contributed by atoms with Crippen LogP contribution >= 0.6 is 0 Å². The summed E-state index contributed by atoms with van der Waals surface area (Å²) in [6, 6.07) is 19.5. The maximum atomic E-state index is 14.7. The van der Waals surface area contributed by atoms with Crippen LogP contribution in [0.2, 0.25) is 0 Å². The molecule has 0 spiro atoms. The van der Waals surface area contributed by atoms with Crippen molar-refractivity contribution in [2.24, 2.45) is 0 Å². The van der Waals surface area contributed by atoms with Gasteiger partial charge in [-0.1, -0.05) is 30.8 Å². The third-order valence-corrected chi connectivity index (χ3v) is 6.60. The largest absolute Gasteiger partial charge is 0.457 e. The van der Waals surface area contributed by atoms with Crippen LogP contribution in [-0.4, -0.2) is 20.7 Å². The molecule has 2 aromatic heterocycles. The monoisotopic (exact) mass is 507 g/mol. The number of hydrogen-bond donors (Lipinski definition) is 3. The fraction of sp³-hybridized carbons (Fsp3) is 0.0690. The highest BCUT2D eigenvalue weighted by molar-refractivity contribution is 6.04. The van der Waals surface area contributed by atoms with Crippen molar-refractivity contribution in [2.45, 2.75) is 12.8 Å². The Bertz CT molecular complexity index is 1790. The number of nitrogens with zero attached hydrogens (tertiary/aromatic N) is 2. The zero-order chi connectivity index (χ0) is 26.4. The first-order chi connectivity index (χ1) is 18.4. The number of nitrogens with one attached hydrogen (secondary N) is 2. The van der Waals surface area contributed by atoms with E-state index in [0.29, 0.717) is 57.9 Å². The van der Waals surface area contributed by atoms with Crippen LogP contribution in [0, 0.1) is 5.82 Å². The van der Waals surface area contributed by atoms with Crippen LogP contribution in [0.15, 0.2) is 84.2 Å². The van der Waals surface area contributed by atoms with Crippen molar-refractivity contribution in [2.75, 3.05) is 11.1 Å². The summed E-state index contributed by atoms with van der Waals surface area (Å²) in [5.74, 6) is 0.459. The quantitative estimate of drug-likeness (QED) is 0.286. The number of amides is 1. The number of aromatic nitrogens is 3. The van der Waals surface area contributed by atoms with Crippen LogP contribution < -0.4 is 21.3 Å². The maximum Gasteiger partial charge on any atom is 0.261 e. The second-order valence-electron chi connectivity index (χ2n) is 8.88. The molecule has 5 aromatic rings. The summed E-state index contributed by atoms with van der Waals surface area (Å²) in [6.45, 7) is 3.44. The SMILES string of the molecule is C=CC(=O)Nc1c(F)ccc2c1CCc1[nH]c(=O)c3c(N)n(-c4ccc(Oc5ccccc5)cc4)nc3c1-2. The zero-order valence-electron chi connectivity index (χ0n) is 20.1. The van der Waals surface area contributed by atoms with Crippen LogP contribution in [0.3, 0.4) is 0 Å². The third-order valence-electron chi connectivity index (χ3n) is 6.60. The number of nitrogens with two attached hydrogens (primary N) is 1. The molecule has 0 aliphatic heterocycles. The molecule has 4 N–H and O–H groups in total. The molecule has 0 fully saturated rings. The number of para-hydroxylation sites is 1. The van der Waals surface area contributed by atoms with E-state index >= 15 is 0 Å². The predicted molar refractivity (Wildman–Crippen MR) is 144 cm³/mol. The predicted octanol–water partition coefficient (Wildman–Crippen LogP) is 5.12. The van der Waals surface area contributed by atoms with Crippen molar-refractivity contribution in [3.8, 4) is 28.3 Å². The zero-order valence-corrected chi connectivity index (χ0v) is 20.1. The number of ether oxygens (including phenoxy) is 1. The number of halogens is 1. The molecule has 38 heavy (non-hydrogen) atoms. The molecule has 1 aliphatic carbocycles. The van der Waals surface area contributed by atoms with Gasteiger partial charge in [0.15, 0.2) is 0 Å². The molecule has 0 atom stereocenters. The van der Waals surface area contributed by atoms with E-state index in [2.05, 4.69) is 16.9 Å². The lowest BCUT2D eigenvalue weighted by atomic mass is 9.86. The summed E-state index contributed by atoms with van der Waals surface area (Å²) >= 11 is 0. The Hall–Kier alpha value is -5.18. The van der Waals surface area contributed by atoms with Crippen molar-refractivity contribution >= 4 is 28.3 Å². The second kappa shape index (κ2) is 9.04. The minimum absolute atomic E-state index is 0.0961. The minimum atomic E-state index is -0.550. The number of fused-ring (bicyclic) bond motifs is 5. The van der Waals surface area contributed by atoms with Crippen LogP contribution in [-0.2, 0) is 17.6 Å². The van der Waals surface area contributed by atoms with Gasteiger partial charge in [-0.2, -0.15) is 5.10 Å². The Morgan fingerprint density at radius 1 is 1.08 bits per heavy atom. The van der Waals surface area contributed by atoms with Gasteiger partial charge in [-0.05, 0) is 72.5 Å². The van der Waals surface area contributed by atoms with Crippen molar-refractivity contribution in [3.05, 3.63) is 107 Å². The molecule has 0 bridgehead atoms. The Morgan fingerprint density at radius 3 is 2.55 bits per heavy atom. The van der Waals surface area contributed by atoms with Gasteiger partial charge in [0.25, 0.3) is 5.56 Å². The fourth-order valence-electron chi connectivity index (χ4n) is 4.86. The molecular weight excluding hydrogens is 485 g/mol. The van der Waals surface area contributed by atoms with E-state index in [-0.39, 0.29) is 22.5 Å². The number of H-pyrrole nitrogens is 1. The van der Waals surface area contributed by atoms with Gasteiger partial charge in [0.2, 0.25) is 5.91 Å². The lowest BCUT2D eigenvalue weighted by Crippen LogP contribution is -2.18. The van der Waals surface area contributed by atoms with E-state index in [0.717, 1.165) is 6.08 Å². The lowest BCUT2D eigenvalue weighted by Gasteiger charge is -2.22. The summed E-state index contributed by atoms with van der Waals surface area (Å²) in [4.78, 5) is 28.0. The number of carbonyl (C=O) groups is 1. The molecule has 8 nitrogen and oxygen atoms in total. The Labute approximate surface area is 216 Å². The molecule has 2 heterocycles. The molecule has 0 radical (unpaired) electrons. The van der Waals surface area contributed by atoms with E-state index in [1.807, 2.05) is 30.3 Å². The standard InChI is InChI=1S/C29H22FN5O3/c1-2-23(36)33-26-20-13-15-22-24(19(20)12-14-21(26)30)27-25(29(37)32-22)28(31)35(34-27)16-8-10-18(11-9-16)38-17-6-4-3-5-7-17/h2-12,14H,1,13,15,31H2,(H,32,37)(H,33,36). The first-order valence-electron chi connectivity index (χ1n) is 12.0. The highest BCUT2D eigenvalue weighted by atomic mass is 19.1. The van der Waals surface area contributed by atoms with Crippen LogP contribution in [0.4, 0.5) is 15.9 Å². The van der Waals surface area contributed by atoms with Crippen LogP contribution in [0.25, 0.3) is 27.7 Å². The highest BCUT2D eigenvalue weighted by Crippen LogP contribution is 2.41. The minimum Gasteiger partial charge on any atom is -0.457 e. The number of aryl methyl sites for hydroxylation is 1. The van der Waals surface area contributed by atoms with Gasteiger partial charge in [0.1, 0.15) is 34.0 Å². The topological polar surface area (TPSA) is 115 Å². The first kappa shape index (κ1) is 23.2. The number of rotatable bonds is 5. The summed E-state index contributed by atoms with van der Waals surface area (Å²) < 4.78 is 22.1. The molecular formula is C29H22FN5O3. The highest BCUT2D eigenvalue weighted by Gasteiger charge is 2.28. The fourth-order valence-corrected chi connectivity index (χ4v) is 4.86. The Morgan fingerprint density at radius 2 is 1.82 bits per heavy atom. The number of carbonyl (C=O) groups excluding carboxylic acids is 1. The molecule has 6 rings (SSSR count). The van der Waals surface area contributed by atoms with Crippen molar-refractivity contribution in [3.63, 3.8) is 0 Å². The molecule has 0 saturated heterocycles. The Balaban J connectivity index is 1.47. The van der Waals surface area contributed by atoms with Gasteiger partial charge in [0, 0.05) is 11.3 Å². The average Bonchev–Trinajstić information content (AvgIpc) is 3.28. The average molecular weight is 508 g/mol. The second-order valence-corrected chi connectivity index (χ2v) is 8.88. The van der Waals surface area contributed by atoms with E-state index in [9.17, 15) is 14.0 Å². The lowest BCUT2D eigenvalue weighted by molar-refractivity contribution is -0.111. The molecule has 3 aromatic carbocycles. The van der Waals surface area contributed by atoms with Crippen molar-refractivity contribution < 1.29 is 13.9 Å². The van der Waals surface area contributed by atoms with Crippen molar-refractivity contribution in [1.82, 2.24) is 14.8 Å². The number of pyridine rings is 1. The molecule has 188 valence electrons. The van der Waals surface area contributed by atoms with E-state index in [1.165, 1.54) is 10.7 Å². The van der Waals surface area contributed by atoms with E-state index < -0.39 is 11.7 Å². The number of benzene rings is 3. The molecule has 0 unspecified atom stereocenters.